The molecule has 7 nitrogen and oxygen atoms in total. The molecule has 1 heterocycles. The maximum Gasteiger partial charge on any atom is 0.243 e. The summed E-state index contributed by atoms with van der Waals surface area (Å²) in [5.74, 6) is 1.90. The predicted octanol–water partition coefficient (Wildman–Crippen LogP) is 4.70. The van der Waals surface area contributed by atoms with Crippen LogP contribution in [0.5, 0.6) is 11.5 Å². The molecule has 2 aromatic carbocycles. The molecular formula is C19H21BrClN5O2. The standard InChI is InChI=1S/C19H21BrClN5O2/c1-3-8-26-19(23-24-25-26)22-11-14-9-17(27-2)18(10-15(14)20)28-12-13-6-4-5-7-16(13)21/h4-7,9-10H,3,8,11-12H2,1-2H3,(H,22,23,25). The van der Waals surface area contributed by atoms with Crippen molar-refractivity contribution in [3.05, 3.63) is 57.0 Å². The summed E-state index contributed by atoms with van der Waals surface area (Å²) in [6.07, 6.45) is 0.953. The van der Waals surface area contributed by atoms with Crippen molar-refractivity contribution in [2.45, 2.75) is 33.0 Å². The molecule has 0 saturated carbocycles. The lowest BCUT2D eigenvalue weighted by atomic mass is 10.2. The first-order valence-corrected chi connectivity index (χ1v) is 10.0. The third-order valence-corrected chi connectivity index (χ3v) is 5.18. The van der Waals surface area contributed by atoms with E-state index in [2.05, 4.69) is 43.7 Å². The van der Waals surface area contributed by atoms with Gasteiger partial charge in [0, 0.05) is 28.1 Å². The molecule has 0 unspecified atom stereocenters. The predicted molar refractivity (Wildman–Crippen MR) is 112 cm³/mol. The summed E-state index contributed by atoms with van der Waals surface area (Å²) < 4.78 is 14.1. The lowest BCUT2D eigenvalue weighted by Gasteiger charge is -2.15. The number of anilines is 1. The highest BCUT2D eigenvalue weighted by Crippen LogP contribution is 2.34. The maximum absolute atomic E-state index is 6.20. The monoisotopic (exact) mass is 465 g/mol. The topological polar surface area (TPSA) is 74.1 Å². The lowest BCUT2D eigenvalue weighted by molar-refractivity contribution is 0.284. The highest BCUT2D eigenvalue weighted by molar-refractivity contribution is 9.10. The zero-order valence-corrected chi connectivity index (χ0v) is 18.0. The van der Waals surface area contributed by atoms with Crippen molar-refractivity contribution in [1.82, 2.24) is 20.2 Å². The van der Waals surface area contributed by atoms with Gasteiger partial charge in [-0.2, -0.15) is 0 Å². The Morgan fingerprint density at radius 2 is 2.00 bits per heavy atom. The Morgan fingerprint density at radius 1 is 1.18 bits per heavy atom. The Hall–Kier alpha value is -2.32. The zero-order chi connectivity index (χ0) is 19.9. The van der Waals surface area contributed by atoms with E-state index in [4.69, 9.17) is 21.1 Å². The number of rotatable bonds is 9. The van der Waals surface area contributed by atoms with Gasteiger partial charge in [-0.15, -0.1) is 0 Å². The smallest absolute Gasteiger partial charge is 0.243 e. The van der Waals surface area contributed by atoms with Crippen molar-refractivity contribution in [2.75, 3.05) is 12.4 Å². The summed E-state index contributed by atoms with van der Waals surface area (Å²) in [7, 11) is 1.62. The molecule has 148 valence electrons. The molecule has 9 heteroatoms. The van der Waals surface area contributed by atoms with Gasteiger partial charge in [-0.05, 0) is 40.6 Å². The Kier molecular flexibility index (Phi) is 7.11. The summed E-state index contributed by atoms with van der Waals surface area (Å²) in [6.45, 7) is 3.72. The third kappa shape index (κ3) is 4.94. The second-order valence-corrected chi connectivity index (χ2v) is 7.32. The zero-order valence-electron chi connectivity index (χ0n) is 15.7. The number of halogens is 2. The van der Waals surface area contributed by atoms with Crippen LogP contribution in [0.3, 0.4) is 0 Å². The van der Waals surface area contributed by atoms with Gasteiger partial charge >= 0.3 is 0 Å². The SMILES string of the molecule is CCCn1nnnc1NCc1cc(OC)c(OCc2ccccc2Cl)cc1Br. The number of ether oxygens (including phenoxy) is 2. The molecule has 0 saturated heterocycles. The van der Waals surface area contributed by atoms with E-state index in [1.165, 1.54) is 0 Å². The van der Waals surface area contributed by atoms with Crippen LogP contribution in [0.4, 0.5) is 5.95 Å². The molecule has 0 aliphatic carbocycles. The van der Waals surface area contributed by atoms with Gasteiger partial charge in [0.2, 0.25) is 5.95 Å². The Balaban J connectivity index is 1.72. The van der Waals surface area contributed by atoms with E-state index in [9.17, 15) is 0 Å². The molecule has 3 aromatic rings. The van der Waals surface area contributed by atoms with E-state index in [0.717, 1.165) is 28.6 Å². The first kappa shape index (κ1) is 20.4. The molecule has 0 aliphatic heterocycles. The normalized spacial score (nSPS) is 10.7. The number of hydrogen-bond acceptors (Lipinski definition) is 6. The minimum atomic E-state index is 0.353. The maximum atomic E-state index is 6.20. The number of tetrazole rings is 1. The number of methoxy groups -OCH3 is 1. The molecule has 0 aliphatic rings. The molecule has 0 atom stereocenters. The second-order valence-electron chi connectivity index (χ2n) is 6.05. The van der Waals surface area contributed by atoms with E-state index in [1.807, 2.05) is 36.4 Å². The van der Waals surface area contributed by atoms with Crippen LogP contribution in [0.2, 0.25) is 5.02 Å². The highest BCUT2D eigenvalue weighted by Gasteiger charge is 2.13. The van der Waals surface area contributed by atoms with Gasteiger partial charge in [-0.3, -0.25) is 0 Å². The summed E-state index contributed by atoms with van der Waals surface area (Å²) in [5, 5.41) is 15.6. The number of nitrogens with one attached hydrogen (secondary N) is 1. The van der Waals surface area contributed by atoms with Crippen LogP contribution < -0.4 is 14.8 Å². The fourth-order valence-electron chi connectivity index (χ4n) is 2.62. The quantitative estimate of drug-likeness (QED) is 0.493. The number of nitrogens with zero attached hydrogens (tertiary/aromatic N) is 4. The van der Waals surface area contributed by atoms with Crippen LogP contribution in [0.25, 0.3) is 0 Å². The minimum absolute atomic E-state index is 0.353. The van der Waals surface area contributed by atoms with Crippen molar-refractivity contribution in [2.24, 2.45) is 0 Å². The van der Waals surface area contributed by atoms with Crippen LogP contribution in [-0.4, -0.2) is 27.3 Å². The molecular weight excluding hydrogens is 446 g/mol. The summed E-state index contributed by atoms with van der Waals surface area (Å²) in [6, 6.07) is 11.4. The lowest BCUT2D eigenvalue weighted by Crippen LogP contribution is -2.09. The molecule has 28 heavy (non-hydrogen) atoms. The molecule has 0 fully saturated rings. The van der Waals surface area contributed by atoms with E-state index in [1.54, 1.807) is 11.8 Å². The average Bonchev–Trinajstić information content (AvgIpc) is 3.14. The van der Waals surface area contributed by atoms with E-state index < -0.39 is 0 Å². The van der Waals surface area contributed by atoms with Gasteiger partial charge in [0.15, 0.2) is 11.5 Å². The van der Waals surface area contributed by atoms with Crippen LogP contribution in [0.1, 0.15) is 24.5 Å². The van der Waals surface area contributed by atoms with Crippen LogP contribution in [0.15, 0.2) is 40.9 Å². The second kappa shape index (κ2) is 9.75. The van der Waals surface area contributed by atoms with Crippen LogP contribution in [-0.2, 0) is 19.7 Å². The fourth-order valence-corrected chi connectivity index (χ4v) is 3.28. The fraction of sp³-hybridized carbons (Fsp3) is 0.316. The summed E-state index contributed by atoms with van der Waals surface area (Å²) in [5.41, 5.74) is 1.91. The van der Waals surface area contributed by atoms with Crippen LogP contribution in [0, 0.1) is 0 Å². The molecule has 0 amide bonds. The highest BCUT2D eigenvalue weighted by atomic mass is 79.9. The van der Waals surface area contributed by atoms with Gasteiger partial charge in [0.25, 0.3) is 0 Å². The van der Waals surface area contributed by atoms with Crippen molar-refractivity contribution in [3.8, 4) is 11.5 Å². The first-order chi connectivity index (χ1) is 13.6. The Labute approximate surface area is 177 Å². The molecule has 3 rings (SSSR count). The largest absolute Gasteiger partial charge is 0.493 e. The summed E-state index contributed by atoms with van der Waals surface area (Å²) in [4.78, 5) is 0. The number of aryl methyl sites for hydroxylation is 1. The number of hydrogen-bond donors (Lipinski definition) is 1. The van der Waals surface area contributed by atoms with Crippen molar-refractivity contribution in [1.29, 1.82) is 0 Å². The van der Waals surface area contributed by atoms with Gasteiger partial charge in [0.1, 0.15) is 6.61 Å². The minimum Gasteiger partial charge on any atom is -0.493 e. The Morgan fingerprint density at radius 3 is 2.75 bits per heavy atom. The molecule has 1 aromatic heterocycles. The summed E-state index contributed by atoms with van der Waals surface area (Å²) >= 11 is 9.80. The average molecular weight is 467 g/mol. The van der Waals surface area contributed by atoms with Gasteiger partial charge < -0.3 is 14.8 Å². The number of aromatic nitrogens is 4. The van der Waals surface area contributed by atoms with Crippen molar-refractivity contribution >= 4 is 33.5 Å². The Bertz CT molecular complexity index is 934. The van der Waals surface area contributed by atoms with E-state index in [0.29, 0.717) is 35.6 Å². The van der Waals surface area contributed by atoms with Gasteiger partial charge in [0.05, 0.1) is 7.11 Å². The molecule has 0 spiro atoms. The van der Waals surface area contributed by atoms with Crippen molar-refractivity contribution in [3.63, 3.8) is 0 Å². The first-order valence-electron chi connectivity index (χ1n) is 8.85. The molecule has 0 bridgehead atoms. The third-order valence-electron chi connectivity index (χ3n) is 4.08. The van der Waals surface area contributed by atoms with Gasteiger partial charge in [-0.25, -0.2) is 4.68 Å². The van der Waals surface area contributed by atoms with E-state index >= 15 is 0 Å². The van der Waals surface area contributed by atoms with Gasteiger partial charge in [-0.1, -0.05) is 57.8 Å². The van der Waals surface area contributed by atoms with Crippen LogP contribution >= 0.6 is 27.5 Å². The number of benzene rings is 2. The van der Waals surface area contributed by atoms with Crippen molar-refractivity contribution < 1.29 is 9.47 Å². The molecule has 0 radical (unpaired) electrons. The molecule has 1 N–H and O–H groups in total. The van der Waals surface area contributed by atoms with E-state index in [-0.39, 0.29) is 0 Å².